The zero-order valence-electron chi connectivity index (χ0n) is 10.5. The van der Waals surface area contributed by atoms with Gasteiger partial charge in [0.1, 0.15) is 0 Å². The number of nitrogens with one attached hydrogen (secondary N) is 2. The summed E-state index contributed by atoms with van der Waals surface area (Å²) in [4.78, 5) is 0. The Hall–Kier alpha value is -1.06. The molecular formula is C13H22N2O. The molecule has 0 amide bonds. The lowest BCUT2D eigenvalue weighted by molar-refractivity contribution is 0.200. The van der Waals surface area contributed by atoms with Crippen molar-refractivity contribution in [3.8, 4) is 0 Å². The predicted molar refractivity (Wildman–Crippen MR) is 69.2 cm³/mol. The summed E-state index contributed by atoms with van der Waals surface area (Å²) in [5, 5.41) is 6.76. The second-order valence-corrected chi connectivity index (χ2v) is 3.94. The van der Waals surface area contributed by atoms with Crippen molar-refractivity contribution >= 4 is 5.69 Å². The average molecular weight is 222 g/mol. The molecule has 0 spiro atoms. The monoisotopic (exact) mass is 222 g/mol. The summed E-state index contributed by atoms with van der Waals surface area (Å²) in [6.45, 7) is 7.84. The number of rotatable bonds is 7. The van der Waals surface area contributed by atoms with Crippen molar-refractivity contribution in [2.75, 3.05) is 38.7 Å². The smallest absolute Gasteiger partial charge is 0.0587 e. The molecule has 1 rings (SSSR count). The van der Waals surface area contributed by atoms with Crippen molar-refractivity contribution in [1.29, 1.82) is 0 Å². The van der Waals surface area contributed by atoms with E-state index in [2.05, 4.69) is 42.7 Å². The SMILES string of the molecule is COCCNCCNc1c(C)cccc1C. The lowest BCUT2D eigenvalue weighted by Crippen LogP contribution is -2.25. The Morgan fingerprint density at radius 2 is 1.75 bits per heavy atom. The first-order chi connectivity index (χ1) is 7.75. The second-order valence-electron chi connectivity index (χ2n) is 3.94. The summed E-state index contributed by atoms with van der Waals surface area (Å²) in [6, 6.07) is 6.36. The minimum atomic E-state index is 0.767. The van der Waals surface area contributed by atoms with Crippen LogP contribution in [0.1, 0.15) is 11.1 Å². The Morgan fingerprint density at radius 1 is 1.06 bits per heavy atom. The van der Waals surface area contributed by atoms with E-state index in [1.807, 2.05) is 0 Å². The van der Waals surface area contributed by atoms with E-state index in [4.69, 9.17) is 4.74 Å². The molecule has 0 bridgehead atoms. The van der Waals surface area contributed by atoms with Crippen LogP contribution < -0.4 is 10.6 Å². The van der Waals surface area contributed by atoms with Crippen LogP contribution in [0, 0.1) is 13.8 Å². The van der Waals surface area contributed by atoms with E-state index in [9.17, 15) is 0 Å². The third kappa shape index (κ3) is 4.21. The molecule has 1 aromatic rings. The molecule has 0 fully saturated rings. The Labute approximate surface area is 98.2 Å². The van der Waals surface area contributed by atoms with Crippen LogP contribution in [0.2, 0.25) is 0 Å². The van der Waals surface area contributed by atoms with Crippen LogP contribution >= 0.6 is 0 Å². The van der Waals surface area contributed by atoms with Crippen LogP contribution in [-0.4, -0.2) is 33.4 Å². The van der Waals surface area contributed by atoms with E-state index in [0.717, 1.165) is 26.2 Å². The number of ether oxygens (including phenoxy) is 1. The fourth-order valence-electron chi connectivity index (χ4n) is 1.67. The molecule has 0 aliphatic heterocycles. The number of para-hydroxylation sites is 1. The highest BCUT2D eigenvalue weighted by atomic mass is 16.5. The maximum absolute atomic E-state index is 4.96. The lowest BCUT2D eigenvalue weighted by atomic mass is 10.1. The van der Waals surface area contributed by atoms with E-state index in [-0.39, 0.29) is 0 Å². The Morgan fingerprint density at radius 3 is 2.38 bits per heavy atom. The largest absolute Gasteiger partial charge is 0.383 e. The molecule has 0 heterocycles. The van der Waals surface area contributed by atoms with Crippen LogP contribution in [-0.2, 0) is 4.74 Å². The first-order valence-electron chi connectivity index (χ1n) is 5.75. The van der Waals surface area contributed by atoms with E-state index < -0.39 is 0 Å². The minimum Gasteiger partial charge on any atom is -0.383 e. The van der Waals surface area contributed by atoms with Gasteiger partial charge in [-0.15, -0.1) is 0 Å². The Bertz CT molecular complexity index is 293. The molecule has 0 atom stereocenters. The van der Waals surface area contributed by atoms with Crippen LogP contribution in [0.15, 0.2) is 18.2 Å². The zero-order chi connectivity index (χ0) is 11.8. The van der Waals surface area contributed by atoms with E-state index in [0.29, 0.717) is 0 Å². The number of hydrogen-bond donors (Lipinski definition) is 2. The van der Waals surface area contributed by atoms with Gasteiger partial charge in [-0.25, -0.2) is 0 Å². The summed E-state index contributed by atoms with van der Waals surface area (Å²) in [7, 11) is 1.72. The van der Waals surface area contributed by atoms with E-state index >= 15 is 0 Å². The quantitative estimate of drug-likeness (QED) is 0.692. The van der Waals surface area contributed by atoms with E-state index in [1.165, 1.54) is 16.8 Å². The van der Waals surface area contributed by atoms with Gasteiger partial charge in [0.2, 0.25) is 0 Å². The fourth-order valence-corrected chi connectivity index (χ4v) is 1.67. The van der Waals surface area contributed by atoms with Gasteiger partial charge in [0.25, 0.3) is 0 Å². The van der Waals surface area contributed by atoms with Crippen LogP contribution in [0.4, 0.5) is 5.69 Å². The molecule has 0 aliphatic carbocycles. The number of aryl methyl sites for hydroxylation is 2. The van der Waals surface area contributed by atoms with Crippen molar-refractivity contribution in [3.05, 3.63) is 29.3 Å². The van der Waals surface area contributed by atoms with Gasteiger partial charge in [-0.3, -0.25) is 0 Å². The van der Waals surface area contributed by atoms with Gasteiger partial charge in [-0.2, -0.15) is 0 Å². The molecular weight excluding hydrogens is 200 g/mol. The molecule has 0 aromatic heterocycles. The average Bonchev–Trinajstić information content (AvgIpc) is 2.26. The Kier molecular flexibility index (Phi) is 5.90. The lowest BCUT2D eigenvalue weighted by Gasteiger charge is -2.12. The number of methoxy groups -OCH3 is 1. The summed E-state index contributed by atoms with van der Waals surface area (Å²) >= 11 is 0. The van der Waals surface area contributed by atoms with Gasteiger partial charge in [-0.1, -0.05) is 18.2 Å². The highest BCUT2D eigenvalue weighted by Gasteiger charge is 1.99. The third-order valence-electron chi connectivity index (χ3n) is 2.57. The molecule has 0 unspecified atom stereocenters. The van der Waals surface area contributed by atoms with Gasteiger partial charge in [0.05, 0.1) is 6.61 Å². The van der Waals surface area contributed by atoms with Crippen molar-refractivity contribution in [2.45, 2.75) is 13.8 Å². The number of hydrogen-bond acceptors (Lipinski definition) is 3. The molecule has 16 heavy (non-hydrogen) atoms. The topological polar surface area (TPSA) is 33.3 Å². The molecule has 0 saturated carbocycles. The van der Waals surface area contributed by atoms with Crippen molar-refractivity contribution in [2.24, 2.45) is 0 Å². The standard InChI is InChI=1S/C13H22N2O/c1-11-5-4-6-12(2)13(11)15-8-7-14-9-10-16-3/h4-6,14-15H,7-10H2,1-3H3. The van der Waals surface area contributed by atoms with Gasteiger partial charge in [0.15, 0.2) is 0 Å². The minimum absolute atomic E-state index is 0.767. The molecule has 0 radical (unpaired) electrons. The van der Waals surface area contributed by atoms with Gasteiger partial charge in [-0.05, 0) is 25.0 Å². The molecule has 0 saturated heterocycles. The van der Waals surface area contributed by atoms with Crippen molar-refractivity contribution < 1.29 is 4.74 Å². The van der Waals surface area contributed by atoms with Crippen molar-refractivity contribution in [3.63, 3.8) is 0 Å². The van der Waals surface area contributed by atoms with Crippen LogP contribution in [0.5, 0.6) is 0 Å². The maximum Gasteiger partial charge on any atom is 0.0587 e. The molecule has 2 N–H and O–H groups in total. The molecule has 1 aromatic carbocycles. The number of benzene rings is 1. The van der Waals surface area contributed by atoms with Crippen LogP contribution in [0.25, 0.3) is 0 Å². The van der Waals surface area contributed by atoms with Gasteiger partial charge < -0.3 is 15.4 Å². The predicted octanol–water partition coefficient (Wildman–Crippen LogP) is 1.95. The molecule has 90 valence electrons. The van der Waals surface area contributed by atoms with Crippen molar-refractivity contribution in [1.82, 2.24) is 5.32 Å². The first-order valence-corrected chi connectivity index (χ1v) is 5.75. The summed E-state index contributed by atoms with van der Waals surface area (Å²) in [5.41, 5.74) is 3.87. The summed E-state index contributed by atoms with van der Waals surface area (Å²) in [5.74, 6) is 0. The maximum atomic E-state index is 4.96. The van der Waals surface area contributed by atoms with Gasteiger partial charge in [0, 0.05) is 32.4 Å². The first kappa shape index (κ1) is 13.0. The molecule has 3 heteroatoms. The van der Waals surface area contributed by atoms with Gasteiger partial charge >= 0.3 is 0 Å². The third-order valence-corrected chi connectivity index (χ3v) is 2.57. The normalized spacial score (nSPS) is 10.4. The second kappa shape index (κ2) is 7.25. The fraction of sp³-hybridized carbons (Fsp3) is 0.538. The Balaban J connectivity index is 2.26. The summed E-state index contributed by atoms with van der Waals surface area (Å²) < 4.78 is 4.96. The zero-order valence-corrected chi connectivity index (χ0v) is 10.5. The van der Waals surface area contributed by atoms with Crippen LogP contribution in [0.3, 0.4) is 0 Å². The summed E-state index contributed by atoms with van der Waals surface area (Å²) in [6.07, 6.45) is 0. The highest BCUT2D eigenvalue weighted by molar-refractivity contribution is 5.56. The molecule has 3 nitrogen and oxygen atoms in total. The number of anilines is 1. The highest BCUT2D eigenvalue weighted by Crippen LogP contribution is 2.18. The molecule has 0 aliphatic rings. The van der Waals surface area contributed by atoms with E-state index in [1.54, 1.807) is 7.11 Å².